The number of aromatic hydroxyl groups is 1. The number of rotatable bonds is 10. The summed E-state index contributed by atoms with van der Waals surface area (Å²) in [6.45, 7) is 3.61. The Bertz CT molecular complexity index is 1020. The van der Waals surface area contributed by atoms with E-state index >= 15 is 0 Å². The van der Waals surface area contributed by atoms with E-state index in [0.717, 1.165) is 42.6 Å². The number of phenols is 1. The third-order valence-corrected chi connectivity index (χ3v) is 5.13. The van der Waals surface area contributed by atoms with Crippen LogP contribution in [0.2, 0.25) is 0 Å². The minimum absolute atomic E-state index is 0.245. The van der Waals surface area contributed by atoms with E-state index in [0.29, 0.717) is 24.7 Å². The molecule has 0 fully saturated rings. The first-order valence-electron chi connectivity index (χ1n) is 10.4. The third-order valence-electron chi connectivity index (χ3n) is 5.13. The molecule has 2 aromatic carbocycles. The van der Waals surface area contributed by atoms with Crippen molar-refractivity contribution >= 4 is 5.95 Å². The minimum Gasteiger partial charge on any atom is -0.508 e. The summed E-state index contributed by atoms with van der Waals surface area (Å²) in [6, 6.07) is 15.3. The van der Waals surface area contributed by atoms with E-state index in [1.54, 1.807) is 6.07 Å². The predicted molar refractivity (Wildman–Crippen MR) is 121 cm³/mol. The smallest absolute Gasteiger partial charge is 0.274 e. The van der Waals surface area contributed by atoms with Crippen molar-refractivity contribution in [3.8, 4) is 5.75 Å². The Morgan fingerprint density at radius 3 is 2.63 bits per heavy atom. The zero-order valence-electron chi connectivity index (χ0n) is 17.7. The van der Waals surface area contributed by atoms with Gasteiger partial charge in [0.25, 0.3) is 5.56 Å². The van der Waals surface area contributed by atoms with E-state index in [9.17, 15) is 9.90 Å². The maximum absolute atomic E-state index is 12.0. The molecule has 0 saturated heterocycles. The Labute approximate surface area is 177 Å². The summed E-state index contributed by atoms with van der Waals surface area (Å²) in [4.78, 5) is 19.2. The first-order chi connectivity index (χ1) is 14.5. The van der Waals surface area contributed by atoms with Crippen molar-refractivity contribution < 1.29 is 5.11 Å². The van der Waals surface area contributed by atoms with E-state index in [2.05, 4.69) is 20.6 Å². The average Bonchev–Trinajstić information content (AvgIpc) is 2.71. The summed E-state index contributed by atoms with van der Waals surface area (Å²) in [5.41, 5.74) is 5.31. The van der Waals surface area contributed by atoms with Crippen molar-refractivity contribution in [2.75, 3.05) is 25.5 Å². The average molecular weight is 407 g/mol. The van der Waals surface area contributed by atoms with E-state index in [-0.39, 0.29) is 5.56 Å². The monoisotopic (exact) mass is 406 g/mol. The van der Waals surface area contributed by atoms with E-state index in [1.807, 2.05) is 56.4 Å². The molecule has 3 aromatic rings. The maximum Gasteiger partial charge on any atom is 0.274 e. The molecule has 1 aromatic heterocycles. The van der Waals surface area contributed by atoms with Gasteiger partial charge in [-0.25, -0.2) is 0 Å². The number of aromatic nitrogens is 2. The number of hydrogen-bond acceptors (Lipinski definition) is 5. The molecule has 0 aliphatic rings. The van der Waals surface area contributed by atoms with Gasteiger partial charge < -0.3 is 20.7 Å². The third kappa shape index (κ3) is 6.19. The van der Waals surface area contributed by atoms with Gasteiger partial charge in [-0.05, 0) is 74.2 Å². The molecule has 0 aliphatic carbocycles. The Kier molecular flexibility index (Phi) is 7.63. The summed E-state index contributed by atoms with van der Waals surface area (Å²) in [5.74, 6) is 0.823. The van der Waals surface area contributed by atoms with E-state index in [1.165, 1.54) is 11.1 Å². The number of nitrogens with zero attached hydrogens (tertiary/aromatic N) is 1. The number of aryl methyl sites for hydroxylation is 1. The first-order valence-corrected chi connectivity index (χ1v) is 10.4. The molecule has 6 nitrogen and oxygen atoms in total. The molecule has 0 radical (unpaired) electrons. The van der Waals surface area contributed by atoms with Crippen LogP contribution in [0, 0.1) is 6.92 Å². The summed E-state index contributed by atoms with van der Waals surface area (Å²) in [7, 11) is 1.93. The Morgan fingerprint density at radius 2 is 1.87 bits per heavy atom. The number of likely N-dealkylation sites (N-methyl/N-ethyl adjacent to an activating group) is 1. The largest absolute Gasteiger partial charge is 0.508 e. The van der Waals surface area contributed by atoms with Crippen LogP contribution in [0.5, 0.6) is 5.75 Å². The van der Waals surface area contributed by atoms with Gasteiger partial charge in [-0.2, -0.15) is 4.98 Å². The van der Waals surface area contributed by atoms with Crippen LogP contribution in [0.4, 0.5) is 5.95 Å². The molecule has 158 valence electrons. The van der Waals surface area contributed by atoms with Crippen molar-refractivity contribution in [1.82, 2.24) is 15.3 Å². The highest BCUT2D eigenvalue weighted by Crippen LogP contribution is 2.23. The van der Waals surface area contributed by atoms with Crippen molar-refractivity contribution in [2.45, 2.75) is 32.6 Å². The van der Waals surface area contributed by atoms with Crippen molar-refractivity contribution in [1.29, 1.82) is 0 Å². The summed E-state index contributed by atoms with van der Waals surface area (Å²) in [5, 5.41) is 16.3. The standard InChI is InChI=1S/C24H30N4O2/c1-17-13-21(29)15-19(10-12-25-2)22(17)9-6-11-26-24-27-20(16-23(30)28-24)14-18-7-4-3-5-8-18/h3-5,7-8,13,15-16,25,29H,6,9-12,14H2,1-2H3,(H2,26,27,28,30). The lowest BCUT2D eigenvalue weighted by Crippen LogP contribution is -2.16. The second-order valence-corrected chi connectivity index (χ2v) is 7.54. The van der Waals surface area contributed by atoms with Crippen LogP contribution in [-0.2, 0) is 19.3 Å². The number of phenolic OH excluding ortho intramolecular Hbond substituents is 1. The number of hydrogen-bond donors (Lipinski definition) is 4. The lowest BCUT2D eigenvalue weighted by molar-refractivity contribution is 0.473. The zero-order valence-corrected chi connectivity index (χ0v) is 17.7. The Balaban J connectivity index is 1.60. The highest BCUT2D eigenvalue weighted by Gasteiger charge is 2.09. The molecule has 0 saturated carbocycles. The van der Waals surface area contributed by atoms with Crippen molar-refractivity contribution in [2.24, 2.45) is 0 Å². The fourth-order valence-corrected chi connectivity index (χ4v) is 3.68. The number of H-pyrrole nitrogens is 1. The van der Waals surface area contributed by atoms with Gasteiger partial charge in [0.2, 0.25) is 5.95 Å². The van der Waals surface area contributed by atoms with Crippen LogP contribution in [0.15, 0.2) is 53.3 Å². The van der Waals surface area contributed by atoms with Crippen LogP contribution in [-0.4, -0.2) is 35.2 Å². The van der Waals surface area contributed by atoms with Crippen molar-refractivity contribution in [3.05, 3.63) is 86.8 Å². The second kappa shape index (κ2) is 10.6. The molecule has 30 heavy (non-hydrogen) atoms. The fourth-order valence-electron chi connectivity index (χ4n) is 3.68. The molecule has 1 heterocycles. The van der Waals surface area contributed by atoms with Crippen LogP contribution < -0.4 is 16.2 Å². The summed E-state index contributed by atoms with van der Waals surface area (Å²) in [6.07, 6.45) is 3.33. The lowest BCUT2D eigenvalue weighted by Gasteiger charge is -2.14. The molecule has 0 amide bonds. The summed E-state index contributed by atoms with van der Waals surface area (Å²) < 4.78 is 0. The molecule has 0 atom stereocenters. The SMILES string of the molecule is CNCCc1cc(O)cc(C)c1CCCNc1nc(=O)cc(Cc2ccccc2)[nH]1. The number of aromatic amines is 1. The number of nitrogens with one attached hydrogen (secondary N) is 3. The maximum atomic E-state index is 12.0. The highest BCUT2D eigenvalue weighted by atomic mass is 16.3. The predicted octanol–water partition coefficient (Wildman–Crippen LogP) is 3.18. The molecule has 6 heteroatoms. The molecule has 3 rings (SSSR count). The molecule has 4 N–H and O–H groups in total. The lowest BCUT2D eigenvalue weighted by atomic mass is 9.95. The van der Waals surface area contributed by atoms with Crippen LogP contribution in [0.25, 0.3) is 0 Å². The van der Waals surface area contributed by atoms with Gasteiger partial charge in [0.15, 0.2) is 0 Å². The van der Waals surface area contributed by atoms with Crippen LogP contribution >= 0.6 is 0 Å². The second-order valence-electron chi connectivity index (χ2n) is 7.54. The van der Waals surface area contributed by atoms with Gasteiger partial charge in [-0.15, -0.1) is 0 Å². The van der Waals surface area contributed by atoms with Crippen molar-refractivity contribution in [3.63, 3.8) is 0 Å². The quantitative estimate of drug-likeness (QED) is 0.388. The fraction of sp³-hybridized carbons (Fsp3) is 0.333. The molecule has 0 unspecified atom stereocenters. The highest BCUT2D eigenvalue weighted by molar-refractivity contribution is 5.41. The molecule has 0 spiro atoms. The van der Waals surface area contributed by atoms with E-state index in [4.69, 9.17) is 0 Å². The molecular weight excluding hydrogens is 376 g/mol. The van der Waals surface area contributed by atoms with E-state index < -0.39 is 0 Å². The summed E-state index contributed by atoms with van der Waals surface area (Å²) >= 11 is 0. The zero-order chi connectivity index (χ0) is 21.3. The minimum atomic E-state index is -0.245. The van der Waals surface area contributed by atoms with Crippen LogP contribution in [0.1, 0.15) is 34.4 Å². The Morgan fingerprint density at radius 1 is 1.07 bits per heavy atom. The number of anilines is 1. The van der Waals surface area contributed by atoms with Gasteiger partial charge in [0.05, 0.1) is 0 Å². The van der Waals surface area contributed by atoms with Gasteiger partial charge >= 0.3 is 0 Å². The van der Waals surface area contributed by atoms with Gasteiger partial charge in [0, 0.05) is 24.7 Å². The molecule has 0 bridgehead atoms. The first kappa shape index (κ1) is 21.6. The van der Waals surface area contributed by atoms with Gasteiger partial charge in [0.1, 0.15) is 5.75 Å². The molecular formula is C24H30N4O2. The van der Waals surface area contributed by atoms with Gasteiger partial charge in [-0.3, -0.25) is 4.79 Å². The Hall–Kier alpha value is -3.12. The van der Waals surface area contributed by atoms with Crippen LogP contribution in [0.3, 0.4) is 0 Å². The van der Waals surface area contributed by atoms with Gasteiger partial charge in [-0.1, -0.05) is 30.3 Å². The topological polar surface area (TPSA) is 90.0 Å². The molecule has 0 aliphatic heterocycles. The number of benzene rings is 2. The normalized spacial score (nSPS) is 10.9.